The molecule has 0 saturated carbocycles. The van der Waals surface area contributed by atoms with Gasteiger partial charge < -0.3 is 0 Å². The van der Waals surface area contributed by atoms with Crippen LogP contribution in [0.2, 0.25) is 0 Å². The van der Waals surface area contributed by atoms with Crippen LogP contribution in [0, 0.1) is 0 Å². The largest absolute Gasteiger partial charge is 0.349 e. The highest BCUT2D eigenvalue weighted by Crippen LogP contribution is 2.61. The van der Waals surface area contributed by atoms with Crippen LogP contribution in [0.15, 0.2) is 11.6 Å². The second kappa shape index (κ2) is 7.13. The summed E-state index contributed by atoms with van der Waals surface area (Å²) in [7, 11) is 0. The Morgan fingerprint density at radius 3 is 1.48 bits per heavy atom. The molecule has 0 radical (unpaired) electrons. The molecule has 0 nitrogen and oxygen atoms in total. The normalized spacial score (nSPS) is 17.4. The highest BCUT2D eigenvalue weighted by molar-refractivity contribution is 6.73. The van der Waals surface area contributed by atoms with Crippen molar-refractivity contribution in [3.05, 3.63) is 11.6 Å². The minimum atomic E-state index is -5.22. The lowest BCUT2D eigenvalue weighted by Crippen LogP contribution is -2.63. The molecule has 0 aromatic rings. The van der Waals surface area contributed by atoms with Crippen molar-refractivity contribution in [1.29, 1.82) is 0 Å². The third kappa shape index (κ3) is 4.38. The summed E-state index contributed by atoms with van der Waals surface area (Å²) < 4.78 is 45.2. The predicted molar refractivity (Wildman–Crippen MR) is 83.7 cm³/mol. The van der Waals surface area contributed by atoms with Crippen LogP contribution in [0.25, 0.3) is 0 Å². The Hall–Kier alpha value is 2.07. The van der Waals surface area contributed by atoms with Gasteiger partial charge in [-0.3, -0.25) is 0 Å². The molecule has 0 saturated heterocycles. The first kappa shape index (κ1) is 23.1. The van der Waals surface area contributed by atoms with E-state index in [1.165, 1.54) is 0 Å². The summed E-state index contributed by atoms with van der Waals surface area (Å²) in [4.78, 5) is 0. The van der Waals surface area contributed by atoms with Crippen molar-refractivity contribution in [3.8, 4) is 0 Å². The predicted octanol–water partition coefficient (Wildman–Crippen LogP) is 7.33. The van der Waals surface area contributed by atoms with Crippen LogP contribution in [0.1, 0.15) is 0 Å². The summed E-state index contributed by atoms with van der Waals surface area (Å²) in [6, 6.07) is 0. The summed E-state index contributed by atoms with van der Waals surface area (Å²) in [6.07, 6.45) is -0.365. The van der Waals surface area contributed by atoms with E-state index in [2.05, 4.69) is 0 Å². The zero-order valence-corrected chi connectivity index (χ0v) is 15.9. The van der Waals surface area contributed by atoms with Gasteiger partial charge in [0.2, 0.25) is 8.13 Å². The molecule has 0 bridgehead atoms. The molecule has 0 aliphatic rings. The van der Waals surface area contributed by atoms with Crippen LogP contribution in [-0.2, 0) is 0 Å². The summed E-state index contributed by atoms with van der Waals surface area (Å²) in [6.45, 7) is 0. The third-order valence-corrected chi connectivity index (χ3v) is 6.56. The van der Waals surface area contributed by atoms with Gasteiger partial charge in [0.1, 0.15) is 5.38 Å². The van der Waals surface area contributed by atoms with Crippen LogP contribution < -0.4 is 0 Å². The maximum absolute atomic E-state index is 13.9. The lowest BCUT2D eigenvalue weighted by Gasteiger charge is -2.43. The maximum Gasteiger partial charge on any atom is 0.349 e. The molecule has 1 unspecified atom stereocenters. The summed E-state index contributed by atoms with van der Waals surface area (Å²) in [5, 5.41) is -2.17. The van der Waals surface area contributed by atoms with Crippen LogP contribution in [0.5, 0.6) is 0 Å². The molecule has 13 heteroatoms. The van der Waals surface area contributed by atoms with E-state index in [9.17, 15) is 17.6 Å². The van der Waals surface area contributed by atoms with Gasteiger partial charge >= 0.3 is 11.8 Å². The highest BCUT2D eigenvalue weighted by atomic mass is 35.6. The molecule has 126 valence electrons. The van der Waals surface area contributed by atoms with Gasteiger partial charge in [-0.2, -0.15) is 17.6 Å². The standard InChI is InChI=1S/C8H3Cl9F4/c9-2-1-4(18,19)8(20,21)7(16,17)5(11,12)3(10)6(13,14)15/h1-3H. The molecule has 0 aliphatic carbocycles. The maximum atomic E-state index is 13.9. The van der Waals surface area contributed by atoms with E-state index >= 15 is 0 Å². The molecule has 0 aromatic carbocycles. The van der Waals surface area contributed by atoms with Gasteiger partial charge in [0, 0.05) is 11.6 Å². The summed E-state index contributed by atoms with van der Waals surface area (Å²) >= 11 is 48.0. The van der Waals surface area contributed by atoms with Crippen LogP contribution in [0.3, 0.4) is 0 Å². The minimum absolute atomic E-state index is 0.134. The topological polar surface area (TPSA) is 0 Å². The number of hydrogen-bond donors (Lipinski definition) is 0. The molecular formula is C8H3Cl9F4. The van der Waals surface area contributed by atoms with E-state index in [-0.39, 0.29) is 11.6 Å². The van der Waals surface area contributed by atoms with Crippen LogP contribution in [0.4, 0.5) is 17.6 Å². The second-order valence-electron chi connectivity index (χ2n) is 3.59. The van der Waals surface area contributed by atoms with Crippen molar-refractivity contribution in [2.45, 2.75) is 29.7 Å². The van der Waals surface area contributed by atoms with Crippen molar-refractivity contribution in [2.24, 2.45) is 0 Å². The van der Waals surface area contributed by atoms with Gasteiger partial charge in [-0.15, -0.1) is 11.6 Å². The zero-order valence-electron chi connectivity index (χ0n) is 9.15. The van der Waals surface area contributed by atoms with E-state index in [0.717, 1.165) is 0 Å². The van der Waals surface area contributed by atoms with E-state index < -0.39 is 29.7 Å². The Bertz CT molecular complexity index is 401. The number of rotatable bonds is 5. The molecule has 0 fully saturated rings. The van der Waals surface area contributed by atoms with Gasteiger partial charge in [-0.05, 0) is 0 Å². The number of allylic oxidation sites excluding steroid dienone is 1. The van der Waals surface area contributed by atoms with Gasteiger partial charge in [-0.1, -0.05) is 92.8 Å². The van der Waals surface area contributed by atoms with Gasteiger partial charge in [0.05, 0.1) is 0 Å². The van der Waals surface area contributed by atoms with Crippen LogP contribution in [-0.4, -0.2) is 29.7 Å². The molecule has 0 amide bonds. The molecular weight excluding hydrogens is 491 g/mol. The Balaban J connectivity index is 5.96. The van der Waals surface area contributed by atoms with Gasteiger partial charge in [-0.25, -0.2) is 0 Å². The van der Waals surface area contributed by atoms with Crippen molar-refractivity contribution < 1.29 is 17.6 Å². The van der Waals surface area contributed by atoms with Crippen molar-refractivity contribution in [1.82, 2.24) is 0 Å². The van der Waals surface area contributed by atoms with Crippen LogP contribution >= 0.6 is 104 Å². The highest BCUT2D eigenvalue weighted by Gasteiger charge is 2.76. The second-order valence-corrected chi connectivity index (χ2v) is 9.36. The molecule has 0 rings (SSSR count). The quantitative estimate of drug-likeness (QED) is 0.277. The van der Waals surface area contributed by atoms with Gasteiger partial charge in [0.25, 0.3) is 0 Å². The fourth-order valence-corrected chi connectivity index (χ4v) is 3.26. The fourth-order valence-electron chi connectivity index (χ4n) is 0.967. The molecule has 0 heterocycles. The molecule has 0 spiro atoms. The molecule has 1 atom stereocenters. The first-order valence-corrected chi connectivity index (χ1v) is 7.98. The van der Waals surface area contributed by atoms with E-state index in [1.54, 1.807) is 0 Å². The molecule has 0 aromatic heterocycles. The average molecular weight is 494 g/mol. The molecule has 0 aliphatic heterocycles. The lowest BCUT2D eigenvalue weighted by molar-refractivity contribution is -0.189. The minimum Gasteiger partial charge on any atom is -0.196 e. The van der Waals surface area contributed by atoms with Gasteiger partial charge in [0.15, 0.2) is 4.33 Å². The lowest BCUT2D eigenvalue weighted by atomic mass is 10.0. The van der Waals surface area contributed by atoms with Crippen molar-refractivity contribution in [3.63, 3.8) is 0 Å². The first-order valence-electron chi connectivity index (χ1n) is 4.46. The Kier molecular flexibility index (Phi) is 7.83. The number of alkyl halides is 12. The Morgan fingerprint density at radius 1 is 0.810 bits per heavy atom. The Morgan fingerprint density at radius 2 is 1.19 bits per heavy atom. The van der Waals surface area contributed by atoms with Crippen molar-refractivity contribution >= 4 is 104 Å². The van der Waals surface area contributed by atoms with E-state index in [1.807, 2.05) is 0 Å². The third-order valence-electron chi connectivity index (χ3n) is 2.11. The summed E-state index contributed by atoms with van der Waals surface area (Å²) in [5.74, 6) is -10.1. The Labute approximate surface area is 162 Å². The molecule has 21 heavy (non-hydrogen) atoms. The number of halogens is 13. The first-order chi connectivity index (χ1) is 8.97. The van der Waals surface area contributed by atoms with E-state index in [0.29, 0.717) is 0 Å². The van der Waals surface area contributed by atoms with Crippen molar-refractivity contribution in [2.75, 3.05) is 0 Å². The molecule has 0 N–H and O–H groups in total. The SMILES string of the molecule is FC(F)(C=CCl)C(F)(F)C(Cl)(Cl)C(Cl)(Cl)C(Cl)C(Cl)(Cl)Cl. The number of hydrogen-bond acceptors (Lipinski definition) is 0. The zero-order chi connectivity index (χ0) is 17.5. The monoisotopic (exact) mass is 490 g/mol. The average Bonchev–Trinajstić information content (AvgIpc) is 2.25. The summed E-state index contributed by atoms with van der Waals surface area (Å²) in [5.41, 5.74) is 0.134. The fraction of sp³-hybridized carbons (Fsp3) is 0.750. The van der Waals surface area contributed by atoms with E-state index in [4.69, 9.17) is 104 Å². The smallest absolute Gasteiger partial charge is 0.196 e.